The predicted octanol–water partition coefficient (Wildman–Crippen LogP) is 5.38. The maximum atomic E-state index is 13.7. The fourth-order valence-corrected chi connectivity index (χ4v) is 9.11. The minimum Gasteiger partial charge on any atom is -0.457 e. The second kappa shape index (κ2) is 30.6. The number of unbranched alkanes of at least 4 members (excludes halogenated alkanes) is 2. The lowest BCUT2D eigenvalue weighted by Gasteiger charge is -2.35. The molecule has 9 amide bonds. The van der Waals surface area contributed by atoms with E-state index < -0.39 is 66.4 Å². The summed E-state index contributed by atoms with van der Waals surface area (Å²) < 4.78 is 17.6. The summed E-state index contributed by atoms with van der Waals surface area (Å²) in [7, 11) is 0. The van der Waals surface area contributed by atoms with Gasteiger partial charge in [0.05, 0.1) is 17.5 Å². The molecule has 0 saturated carbocycles. The number of esters is 1. The van der Waals surface area contributed by atoms with Crippen molar-refractivity contribution in [2.24, 2.45) is 23.5 Å². The van der Waals surface area contributed by atoms with Crippen LogP contribution in [0.3, 0.4) is 0 Å². The van der Waals surface area contributed by atoms with Gasteiger partial charge in [-0.25, -0.2) is 14.4 Å². The van der Waals surface area contributed by atoms with E-state index in [-0.39, 0.29) is 113 Å². The highest BCUT2D eigenvalue weighted by Crippen LogP contribution is 2.27. The van der Waals surface area contributed by atoms with E-state index in [0.29, 0.717) is 42.0 Å². The number of rotatable bonds is 21. The molecule has 2 aromatic rings. The fourth-order valence-electron chi connectivity index (χ4n) is 8.93. The van der Waals surface area contributed by atoms with Gasteiger partial charge in [-0.1, -0.05) is 70.0 Å². The molecule has 78 heavy (non-hydrogen) atoms. The lowest BCUT2D eigenvalue weighted by Crippen LogP contribution is -2.54. The van der Waals surface area contributed by atoms with Crippen molar-refractivity contribution in [2.75, 3.05) is 44.6 Å². The molecule has 0 aliphatic carbocycles. The van der Waals surface area contributed by atoms with Gasteiger partial charge in [0.2, 0.25) is 17.7 Å². The zero-order valence-electron chi connectivity index (χ0n) is 45.0. The average Bonchev–Trinajstić information content (AvgIpc) is 3.72. The molecule has 0 unspecified atom stereocenters. The summed E-state index contributed by atoms with van der Waals surface area (Å²) >= 11 is 6.15. The number of aliphatic hydroxyl groups is 1. The quantitative estimate of drug-likeness (QED) is 0.0301. The number of hydrogen-bond acceptors (Lipinski definition) is 14. The van der Waals surface area contributed by atoms with Crippen LogP contribution >= 0.6 is 11.6 Å². The molecule has 7 atom stereocenters. The molecule has 3 aliphatic rings. The summed E-state index contributed by atoms with van der Waals surface area (Å²) in [5.74, 6) is -3.67. The zero-order valence-corrected chi connectivity index (χ0v) is 45.7. The van der Waals surface area contributed by atoms with Gasteiger partial charge < -0.3 is 56.1 Å². The highest BCUT2D eigenvalue weighted by Gasteiger charge is 2.32. The van der Waals surface area contributed by atoms with E-state index in [2.05, 4.69) is 26.3 Å². The van der Waals surface area contributed by atoms with Crippen molar-refractivity contribution in [1.29, 1.82) is 0 Å². The zero-order chi connectivity index (χ0) is 56.9. The monoisotopic (exact) mass is 1100 g/mol. The molecule has 0 radical (unpaired) electrons. The van der Waals surface area contributed by atoms with Crippen LogP contribution in [0, 0.1) is 17.8 Å². The third-order valence-electron chi connectivity index (χ3n) is 13.5. The molecule has 1 fully saturated rings. The maximum Gasteiger partial charge on any atom is 0.410 e. The Labute approximate surface area is 459 Å². The number of nitrogens with zero attached hydrogens (tertiary/aromatic N) is 4. The number of anilines is 1. The number of primary amides is 1. The van der Waals surface area contributed by atoms with Crippen molar-refractivity contribution in [1.82, 2.24) is 35.6 Å². The predicted molar refractivity (Wildman–Crippen MR) is 289 cm³/mol. The van der Waals surface area contributed by atoms with E-state index in [1.165, 1.54) is 28.1 Å². The Balaban J connectivity index is 1.09. The Morgan fingerprint density at radius 1 is 0.885 bits per heavy atom. The van der Waals surface area contributed by atoms with Crippen LogP contribution in [-0.4, -0.2) is 148 Å². The van der Waals surface area contributed by atoms with Gasteiger partial charge in [0.15, 0.2) is 0 Å². The van der Waals surface area contributed by atoms with E-state index in [1.54, 1.807) is 56.5 Å². The molecule has 3 aliphatic heterocycles. The number of halogens is 1. The van der Waals surface area contributed by atoms with Gasteiger partial charge in [-0.3, -0.25) is 38.7 Å². The van der Waals surface area contributed by atoms with Crippen LogP contribution in [0.4, 0.5) is 20.1 Å². The number of hydrogen-bond donors (Lipinski definition) is 6. The number of carbonyl (C=O) groups excluding carboxylic acids is 9. The number of nitrogens with two attached hydrogens (primary N) is 1. The van der Waals surface area contributed by atoms with Gasteiger partial charge in [-0.15, -0.1) is 0 Å². The molecule has 23 heteroatoms. The molecular formula is C55H74ClN9O13. The van der Waals surface area contributed by atoms with Gasteiger partial charge in [-0.05, 0) is 98.3 Å². The summed E-state index contributed by atoms with van der Waals surface area (Å²) in [4.78, 5) is 123. The van der Waals surface area contributed by atoms with Crippen molar-refractivity contribution >= 4 is 77.1 Å². The number of nitrogens with one attached hydrogen (secondary N) is 4. The van der Waals surface area contributed by atoms with E-state index in [1.807, 2.05) is 32.9 Å². The second-order valence-corrected chi connectivity index (χ2v) is 20.6. The summed E-state index contributed by atoms with van der Waals surface area (Å²) in [6, 6.07) is 5.51. The van der Waals surface area contributed by atoms with Crippen molar-refractivity contribution in [3.05, 3.63) is 88.8 Å². The maximum absolute atomic E-state index is 13.7. The third kappa shape index (κ3) is 19.9. The van der Waals surface area contributed by atoms with Gasteiger partial charge in [0.1, 0.15) is 30.9 Å². The number of cyclic esters (lactones) is 1. The third-order valence-corrected chi connectivity index (χ3v) is 13.7. The van der Waals surface area contributed by atoms with Gasteiger partial charge >= 0.3 is 24.2 Å². The van der Waals surface area contributed by atoms with Crippen molar-refractivity contribution < 1.29 is 62.5 Å². The Morgan fingerprint density at radius 3 is 2.22 bits per heavy atom. The normalized spacial score (nSPS) is 21.3. The summed E-state index contributed by atoms with van der Waals surface area (Å²) in [5.41, 5.74) is 7.66. The lowest BCUT2D eigenvalue weighted by molar-refractivity contribution is -0.151. The molecule has 1 aromatic carbocycles. The molecule has 0 bridgehead atoms. The minimum absolute atomic E-state index is 0.0896. The van der Waals surface area contributed by atoms with E-state index in [9.17, 15) is 48.3 Å². The van der Waals surface area contributed by atoms with Crippen LogP contribution in [0.5, 0.6) is 0 Å². The van der Waals surface area contributed by atoms with Gasteiger partial charge in [-0.2, -0.15) is 0 Å². The van der Waals surface area contributed by atoms with E-state index in [0.717, 1.165) is 16.0 Å². The van der Waals surface area contributed by atoms with Crippen molar-refractivity contribution in [2.45, 2.75) is 129 Å². The number of aromatic nitrogens is 1. The average molecular weight is 1100 g/mol. The van der Waals surface area contributed by atoms with E-state index in [4.69, 9.17) is 31.5 Å². The number of pyridine rings is 1. The molecule has 424 valence electrons. The van der Waals surface area contributed by atoms with Crippen LogP contribution in [0.25, 0.3) is 6.08 Å². The highest BCUT2D eigenvalue weighted by atomic mass is 35.5. The lowest BCUT2D eigenvalue weighted by atomic mass is 9.91. The molecule has 0 spiro atoms. The number of carbonyl (C=O) groups is 9. The minimum atomic E-state index is -1.07. The standard InChI is InChI=1S/C55H74ClN9O13/c1-34(2)49(62-45(67)11-7-6-8-23-65-46(68)20-21-47(65)69)52(72)61-43(10-9-22-59-53(57)73)51(71)60-41-16-14-38(15-17-41)33-76-54(74)63-24-26-64(27-25-63)55(75)77-44-19-13-36(4)50(37(5)28-39-29-40(56)32-58-31-39)78-48(70)30-42(66)18-12-35(44)3/h13-17,19-21,28-29,31-32,34-36,42-44,49-50,66H,6-12,18,22-27,30,33H2,1-5H3,(H,60,71)(H,61,72)(H,62,67)(H3,57,59,73)/b19-13+,37-28+/t35-,36-,42+,43-,44-,49-,50-/m0/s1. The van der Waals surface area contributed by atoms with Gasteiger partial charge in [0.25, 0.3) is 11.8 Å². The molecule has 1 aromatic heterocycles. The first kappa shape index (κ1) is 61.5. The molecule has 22 nitrogen and oxygen atoms in total. The molecular weight excluding hydrogens is 1030 g/mol. The number of benzene rings is 1. The van der Waals surface area contributed by atoms with Crippen LogP contribution in [-0.2, 0) is 49.6 Å². The Bertz CT molecular complexity index is 2510. The van der Waals surface area contributed by atoms with Crippen molar-refractivity contribution in [3.8, 4) is 0 Å². The molecule has 5 rings (SSSR count). The first-order chi connectivity index (χ1) is 37.2. The number of ether oxygens (including phenoxy) is 3. The smallest absolute Gasteiger partial charge is 0.410 e. The van der Waals surface area contributed by atoms with Crippen LogP contribution in [0.15, 0.2) is 72.6 Å². The van der Waals surface area contributed by atoms with E-state index >= 15 is 0 Å². The second-order valence-electron chi connectivity index (χ2n) is 20.2. The summed E-state index contributed by atoms with van der Waals surface area (Å²) in [5, 5.41) is 21.9. The Kier molecular flexibility index (Phi) is 24.1. The first-order valence-corrected chi connectivity index (χ1v) is 26.8. The Morgan fingerprint density at radius 2 is 1.56 bits per heavy atom. The van der Waals surface area contributed by atoms with Crippen LogP contribution < -0.4 is 27.0 Å². The number of amides is 9. The van der Waals surface area contributed by atoms with Crippen LogP contribution in [0.2, 0.25) is 5.02 Å². The topological polar surface area (TPSA) is 298 Å². The van der Waals surface area contributed by atoms with Gasteiger partial charge in [0, 0.05) is 81.8 Å². The summed E-state index contributed by atoms with van der Waals surface area (Å²) in [6.07, 6.45) is 10.2. The van der Waals surface area contributed by atoms with Crippen LogP contribution in [0.1, 0.15) is 104 Å². The summed E-state index contributed by atoms with van der Waals surface area (Å²) in [6.45, 7) is 10.2. The molecule has 4 heterocycles. The number of piperazine rings is 1. The first-order valence-electron chi connectivity index (χ1n) is 26.5. The number of imide groups is 1. The van der Waals surface area contributed by atoms with Crippen molar-refractivity contribution in [3.63, 3.8) is 0 Å². The molecule has 1 saturated heterocycles. The SMILES string of the molecule is C/C(=C\c1cncc(Cl)c1)[C@H]1OC(=O)C[C@H](O)CC[C@H](C)[C@@H](OC(=O)N2CCN(C(=O)OCc3ccc(NC(=O)[C@H](CCCNC(N)=O)NC(=O)[C@@H](NC(=O)CCCCCN4C(=O)C=CC4=O)C(C)C)cc3)CC2)/C=C/[C@@H]1C. The number of urea groups is 1. The number of aliphatic hydroxyl groups excluding tert-OH is 1. The largest absolute Gasteiger partial charge is 0.457 e. The Hall–Kier alpha value is -7.33. The molecule has 7 N–H and O–H groups in total. The fraction of sp³-hybridized carbons (Fsp3) is 0.527. The highest BCUT2D eigenvalue weighted by molar-refractivity contribution is 6.30.